The van der Waals surface area contributed by atoms with E-state index in [4.69, 9.17) is 9.92 Å². The summed E-state index contributed by atoms with van der Waals surface area (Å²) in [5.74, 6) is -1.66. The molecule has 0 saturated heterocycles. The van der Waals surface area contributed by atoms with Gasteiger partial charge in [-0.15, -0.1) is 14.6 Å². The van der Waals surface area contributed by atoms with Gasteiger partial charge < -0.3 is 31.2 Å². The number of phenols is 1. The van der Waals surface area contributed by atoms with Crippen molar-refractivity contribution in [3.63, 3.8) is 0 Å². The molecule has 0 aliphatic heterocycles. The Morgan fingerprint density at radius 3 is 1.98 bits per heavy atom. The summed E-state index contributed by atoms with van der Waals surface area (Å²) in [6, 6.07) is 12.9. The average molecular weight is 839 g/mol. The molecular weight excluding hydrogens is 818 g/mol. The molecule has 4 aromatic carbocycles. The van der Waals surface area contributed by atoms with Gasteiger partial charge in [-0.1, -0.05) is 0 Å². The molecule has 0 aliphatic carbocycles. The minimum absolute atomic E-state index is 0. The van der Waals surface area contributed by atoms with Crippen LogP contribution in [0.1, 0.15) is 6.92 Å². The first kappa shape index (κ1) is 49.7. The van der Waals surface area contributed by atoms with Crippen molar-refractivity contribution in [3.8, 4) is 5.75 Å². The molecule has 0 saturated carbocycles. The van der Waals surface area contributed by atoms with E-state index >= 15 is 0 Å². The van der Waals surface area contributed by atoms with Crippen molar-refractivity contribution in [3.05, 3.63) is 60.7 Å². The number of fused-ring (bicyclic) bond motifs is 1. The Balaban J connectivity index is 0.00000468. The zero-order valence-corrected chi connectivity index (χ0v) is 37.2. The molecule has 0 unspecified atom stereocenters. The van der Waals surface area contributed by atoms with Crippen LogP contribution in [0.5, 0.6) is 5.75 Å². The molecule has 266 valence electrons. The van der Waals surface area contributed by atoms with E-state index in [2.05, 4.69) is 44.5 Å². The van der Waals surface area contributed by atoms with Gasteiger partial charge in [-0.3, -0.25) is 19.1 Å². The Morgan fingerprint density at radius 1 is 0.868 bits per heavy atom. The molecule has 0 aliphatic rings. The molecule has 4 N–H and O–H groups in total. The van der Waals surface area contributed by atoms with E-state index in [-0.39, 0.29) is 157 Å². The fourth-order valence-corrected chi connectivity index (χ4v) is 6.65. The second-order valence-electron chi connectivity index (χ2n) is 9.45. The number of nitrogens with zero attached hydrogens (tertiary/aromatic N) is 4. The molecule has 0 radical (unpaired) electrons. The molecule has 1 amide bonds. The number of phenolic OH excluding ortho intramolecular Hbond substituents is 1. The van der Waals surface area contributed by atoms with Crippen molar-refractivity contribution < 1.29 is 153 Å². The summed E-state index contributed by atoms with van der Waals surface area (Å²) < 4.78 is 74.7. The van der Waals surface area contributed by atoms with Crippen molar-refractivity contribution in [1.82, 2.24) is 0 Å². The number of carbonyl (C=O) groups is 1. The summed E-state index contributed by atoms with van der Waals surface area (Å²) in [4.78, 5) is 10.1. The number of nitrogens with one attached hydrogen (secondary N) is 1. The summed E-state index contributed by atoms with van der Waals surface area (Å²) in [6.45, 7) is 0.979. The zero-order chi connectivity index (χ0) is 36.5. The number of amides is 1. The maximum atomic E-state index is 12.5. The summed E-state index contributed by atoms with van der Waals surface area (Å²) in [5.41, 5.74) is 5.74. The Morgan fingerprint density at radius 2 is 1.43 bits per heavy atom. The second kappa shape index (κ2) is 23.0. The van der Waals surface area contributed by atoms with Crippen LogP contribution in [0.2, 0.25) is 0 Å². The van der Waals surface area contributed by atoms with Crippen molar-refractivity contribution >= 4 is 95.1 Å². The number of nitrogen functional groups attached to an aromatic ring is 1. The average Bonchev–Trinajstić information content (AvgIpc) is 3.06. The second-order valence-corrected chi connectivity index (χ2v) is 14.2. The number of hydrogen-bond donors (Lipinski definition) is 3. The monoisotopic (exact) mass is 838 g/mol. The van der Waals surface area contributed by atoms with Crippen molar-refractivity contribution in [1.29, 1.82) is 0 Å². The van der Waals surface area contributed by atoms with Gasteiger partial charge in [0.25, 0.3) is 0 Å². The molecule has 4 aromatic rings. The maximum absolute atomic E-state index is 12.5. The predicted octanol–water partition coefficient (Wildman–Crippen LogP) is -5.36. The molecule has 0 fully saturated rings. The first-order chi connectivity index (χ1) is 23.7. The van der Waals surface area contributed by atoms with E-state index in [0.717, 1.165) is 6.07 Å². The number of azo groups is 2. The molecular formula is C26H21N6Na3O14S4. The van der Waals surface area contributed by atoms with Crippen molar-refractivity contribution in [2.45, 2.75) is 21.6 Å². The first-order valence-electron chi connectivity index (χ1n) is 13.2. The minimum atomic E-state index is -5.27. The zero-order valence-electron chi connectivity index (χ0n) is 27.9. The van der Waals surface area contributed by atoms with Gasteiger partial charge in [0.1, 0.15) is 21.5 Å². The van der Waals surface area contributed by atoms with Crippen LogP contribution in [0, 0.1) is 0 Å². The summed E-state index contributed by atoms with van der Waals surface area (Å²) >= 11 is 0.453. The number of aromatic hydroxyl groups is 1. The van der Waals surface area contributed by atoms with Gasteiger partial charge in [-0.05, 0) is 66.0 Å². The van der Waals surface area contributed by atoms with E-state index in [1.165, 1.54) is 61.5 Å². The number of anilines is 2. The van der Waals surface area contributed by atoms with Crippen LogP contribution >= 0.6 is 24.4 Å². The quantitative estimate of drug-likeness (QED) is 0.0139. The molecule has 53 heavy (non-hydrogen) atoms. The van der Waals surface area contributed by atoms with Crippen LogP contribution in [0.25, 0.3) is 10.8 Å². The van der Waals surface area contributed by atoms with Crippen LogP contribution in [0.4, 0.5) is 34.1 Å². The first-order valence-corrected chi connectivity index (χ1v) is 17.7. The third kappa shape index (κ3) is 14.0. The van der Waals surface area contributed by atoms with Gasteiger partial charge in [-0.25, -0.2) is 16.8 Å². The van der Waals surface area contributed by atoms with Crippen molar-refractivity contribution in [2.24, 2.45) is 20.5 Å². The Bertz CT molecular complexity index is 2150. The number of carbonyl (C=O) groups excluding carboxylic acids is 1. The fraction of sp³-hybridized carbons (Fsp3) is 0.115. The topological polar surface area (TPSA) is 308 Å². The minimum Gasteiger partial charge on any atom is -0.744 e. The number of hydrogen-bond acceptors (Lipinski definition) is 21. The van der Waals surface area contributed by atoms with Crippen molar-refractivity contribution in [2.75, 3.05) is 23.4 Å². The number of benzene rings is 4. The SMILES string of the molecule is CC(=O)Nc1ccc(N=Nc2c(S(=O)(=O)[O-])cc3cc(SOO[O-])c(N=Nc4ccc(S(=O)(=O)CCOSOO[O-])cc4)c(N)c3c2O)cc1.[Na+].[Na+].[Na+]. The van der Waals surface area contributed by atoms with Crippen LogP contribution in [-0.2, 0) is 47.7 Å². The number of rotatable bonds is 16. The maximum Gasteiger partial charge on any atom is 1.00 e. The Hall–Kier alpha value is -1.31. The largest absolute Gasteiger partial charge is 1.00 e. The van der Waals surface area contributed by atoms with E-state index in [1.54, 1.807) is 0 Å². The fourth-order valence-electron chi connectivity index (χ4n) is 4.09. The van der Waals surface area contributed by atoms with E-state index in [0.29, 0.717) is 17.7 Å². The molecule has 4 rings (SSSR count). The van der Waals surface area contributed by atoms with Gasteiger partial charge in [0.05, 0.1) is 61.5 Å². The summed E-state index contributed by atoms with van der Waals surface area (Å²) in [6.07, 6.45) is 0. The molecule has 20 nitrogen and oxygen atoms in total. The normalized spacial score (nSPS) is 11.6. The predicted molar refractivity (Wildman–Crippen MR) is 169 cm³/mol. The van der Waals surface area contributed by atoms with Gasteiger partial charge in [0, 0.05) is 12.6 Å². The van der Waals surface area contributed by atoms with Gasteiger partial charge in [-0.2, -0.15) is 14.6 Å². The van der Waals surface area contributed by atoms with Crippen LogP contribution in [-0.4, -0.2) is 44.8 Å². The molecule has 0 bridgehead atoms. The Labute approximate surface area is 376 Å². The van der Waals surface area contributed by atoms with Gasteiger partial charge in [0.2, 0.25) is 5.91 Å². The third-order valence-corrected chi connectivity index (χ3v) is 9.72. The number of sulfone groups is 1. The third-order valence-electron chi connectivity index (χ3n) is 6.19. The van der Waals surface area contributed by atoms with Crippen LogP contribution in [0.15, 0.2) is 95.8 Å². The smallest absolute Gasteiger partial charge is 0.744 e. The van der Waals surface area contributed by atoms with Crippen LogP contribution < -0.4 is 110 Å². The Kier molecular flexibility index (Phi) is 21.6. The van der Waals surface area contributed by atoms with E-state index in [9.17, 15) is 41.8 Å². The molecule has 0 spiro atoms. The van der Waals surface area contributed by atoms with E-state index < -0.39 is 42.0 Å². The van der Waals surface area contributed by atoms with Gasteiger partial charge >= 0.3 is 88.7 Å². The summed E-state index contributed by atoms with van der Waals surface area (Å²) in [7, 11) is -9.10. The molecule has 0 aromatic heterocycles. The summed E-state index contributed by atoms with van der Waals surface area (Å²) in [5, 5.41) is 56.0. The van der Waals surface area contributed by atoms with Crippen LogP contribution in [0.3, 0.4) is 0 Å². The molecule has 27 heteroatoms. The standard InChI is InChI=1S/C26H24N6O14S4.3Na/c1-14(33)28-16-2-4-17(5-3-16)30-32-25-21(50(39,40)41)13-15-12-20(47-45-43-35)24(23(27)22(15)26(25)34)31-29-18-6-8-19(9-7-18)49(37,38)11-10-42-48-46-44-36;;;/h2-9,12-13,34-36H,10-11,27H2,1H3,(H,28,33)(H,39,40,41);;;/q;3*+1/p-3. The molecule has 0 atom stereocenters. The van der Waals surface area contributed by atoms with E-state index in [1.807, 2.05) is 0 Å². The molecule has 0 heterocycles. The van der Waals surface area contributed by atoms with Gasteiger partial charge in [0.15, 0.2) is 27.9 Å². The number of nitrogens with two attached hydrogens (primary N) is 1.